The van der Waals surface area contributed by atoms with E-state index in [2.05, 4.69) is 0 Å². The molecule has 3 fully saturated rings. The van der Waals surface area contributed by atoms with Crippen LogP contribution in [0.2, 0.25) is 0 Å². The molecule has 4 unspecified atom stereocenters. The van der Waals surface area contributed by atoms with Crippen LogP contribution < -0.4 is 0 Å². The molecule has 3 aliphatic carbocycles. The van der Waals surface area contributed by atoms with Crippen molar-refractivity contribution in [1.29, 1.82) is 0 Å². The molecule has 0 spiro atoms. The molecule has 2 N–H and O–H groups in total. The van der Waals surface area contributed by atoms with Crippen molar-refractivity contribution in [2.75, 3.05) is 0 Å². The maximum atomic E-state index is 11.4. The van der Waals surface area contributed by atoms with Gasteiger partial charge in [0.1, 0.15) is 0 Å². The Bertz CT molecular complexity index is 346. The summed E-state index contributed by atoms with van der Waals surface area (Å²) in [6.45, 7) is 3.87. The van der Waals surface area contributed by atoms with Crippen LogP contribution in [0.4, 0.5) is 0 Å². The van der Waals surface area contributed by atoms with Crippen molar-refractivity contribution < 1.29 is 10.2 Å². The molecule has 0 aromatic rings. The highest BCUT2D eigenvalue weighted by Crippen LogP contribution is 2.62. The topological polar surface area (TPSA) is 40.5 Å². The van der Waals surface area contributed by atoms with E-state index in [9.17, 15) is 10.2 Å². The van der Waals surface area contributed by atoms with Crippen LogP contribution in [-0.2, 0) is 0 Å². The fourth-order valence-corrected chi connectivity index (χ4v) is 5.73. The normalized spacial score (nSPS) is 47.4. The van der Waals surface area contributed by atoms with Gasteiger partial charge in [0.15, 0.2) is 0 Å². The van der Waals surface area contributed by atoms with Crippen molar-refractivity contribution in [3.05, 3.63) is 0 Å². The Labute approximate surface area is 117 Å². The van der Waals surface area contributed by atoms with Crippen LogP contribution in [0.3, 0.4) is 0 Å². The largest absolute Gasteiger partial charge is 0.390 e. The third-order valence-electron chi connectivity index (χ3n) is 6.78. The minimum absolute atomic E-state index is 0.253. The lowest BCUT2D eigenvalue weighted by molar-refractivity contribution is -0.244. The fourth-order valence-electron chi connectivity index (χ4n) is 5.73. The molecule has 3 aliphatic rings. The molecule has 0 heterocycles. The average molecular weight is 266 g/mol. The van der Waals surface area contributed by atoms with E-state index in [1.165, 1.54) is 32.1 Å². The third kappa shape index (κ3) is 1.98. The highest BCUT2D eigenvalue weighted by molar-refractivity contribution is 5.13. The van der Waals surface area contributed by atoms with E-state index in [1.807, 2.05) is 13.8 Å². The van der Waals surface area contributed by atoms with E-state index in [-0.39, 0.29) is 5.41 Å². The molecule has 0 aliphatic heterocycles. The van der Waals surface area contributed by atoms with E-state index in [0.717, 1.165) is 38.0 Å². The predicted octanol–water partition coefficient (Wildman–Crippen LogP) is 3.65. The Balaban J connectivity index is 1.97. The van der Waals surface area contributed by atoms with Gasteiger partial charge < -0.3 is 10.2 Å². The lowest BCUT2D eigenvalue weighted by Crippen LogP contribution is -2.65. The first-order valence-electron chi connectivity index (χ1n) is 8.33. The zero-order chi connectivity index (χ0) is 13.7. The van der Waals surface area contributed by atoms with Crippen LogP contribution in [0.1, 0.15) is 78.1 Å². The van der Waals surface area contributed by atoms with Crippen LogP contribution in [0.5, 0.6) is 0 Å². The molecule has 4 atom stereocenters. The van der Waals surface area contributed by atoms with Crippen molar-refractivity contribution in [1.82, 2.24) is 0 Å². The van der Waals surface area contributed by atoms with Crippen LogP contribution >= 0.6 is 0 Å². The molecule has 3 saturated carbocycles. The average Bonchev–Trinajstić information content (AvgIpc) is 2.34. The zero-order valence-corrected chi connectivity index (χ0v) is 12.6. The summed E-state index contributed by atoms with van der Waals surface area (Å²) in [6, 6.07) is 0. The van der Waals surface area contributed by atoms with E-state index in [0.29, 0.717) is 5.92 Å². The zero-order valence-electron chi connectivity index (χ0n) is 12.6. The van der Waals surface area contributed by atoms with Gasteiger partial charge in [0.2, 0.25) is 0 Å². The van der Waals surface area contributed by atoms with E-state index >= 15 is 0 Å². The summed E-state index contributed by atoms with van der Waals surface area (Å²) in [7, 11) is 0. The number of fused-ring (bicyclic) bond motifs is 2. The molecule has 0 aromatic heterocycles. The first-order valence-corrected chi connectivity index (χ1v) is 8.33. The van der Waals surface area contributed by atoms with Crippen LogP contribution in [0.25, 0.3) is 0 Å². The Hall–Kier alpha value is -0.0800. The van der Waals surface area contributed by atoms with E-state index in [4.69, 9.17) is 0 Å². The molecule has 3 rings (SSSR count). The molecule has 110 valence electrons. The van der Waals surface area contributed by atoms with Gasteiger partial charge in [-0.15, -0.1) is 0 Å². The standard InChI is InChI=1S/C17H30O2/c1-15(2,18)16-9-5-6-10-17(16,19)12-14-8-4-3-7-13(14)11-16/h13-14,18-19H,3-12H2,1-2H3. The minimum Gasteiger partial charge on any atom is -0.390 e. The number of hydrogen-bond acceptors (Lipinski definition) is 2. The molecule has 19 heavy (non-hydrogen) atoms. The van der Waals surface area contributed by atoms with Gasteiger partial charge in [-0.1, -0.05) is 38.5 Å². The second kappa shape index (κ2) is 4.46. The first-order chi connectivity index (χ1) is 8.88. The molecule has 0 radical (unpaired) electrons. The molecule has 0 amide bonds. The van der Waals surface area contributed by atoms with Crippen LogP contribution in [0.15, 0.2) is 0 Å². The monoisotopic (exact) mass is 266 g/mol. The lowest BCUT2D eigenvalue weighted by Gasteiger charge is -2.63. The summed E-state index contributed by atoms with van der Waals surface area (Å²) in [5.41, 5.74) is -1.62. The minimum atomic E-state index is -0.759. The summed E-state index contributed by atoms with van der Waals surface area (Å²) in [5, 5.41) is 22.2. The van der Waals surface area contributed by atoms with Gasteiger partial charge in [-0.05, 0) is 51.4 Å². The molecule has 2 nitrogen and oxygen atoms in total. The molecule has 0 bridgehead atoms. The SMILES string of the molecule is CC(C)(O)C12CCCCC1(O)CC1CCCCC1C2. The quantitative estimate of drug-likeness (QED) is 0.760. The second-order valence-corrected chi connectivity index (χ2v) is 8.09. The van der Waals surface area contributed by atoms with Crippen LogP contribution in [0, 0.1) is 17.3 Å². The van der Waals surface area contributed by atoms with Gasteiger partial charge in [0.05, 0.1) is 11.2 Å². The molecule has 0 saturated heterocycles. The fraction of sp³-hybridized carbons (Fsp3) is 1.00. The number of hydrogen-bond donors (Lipinski definition) is 2. The van der Waals surface area contributed by atoms with E-state index < -0.39 is 11.2 Å². The Morgan fingerprint density at radius 3 is 2.11 bits per heavy atom. The Kier molecular flexibility index (Phi) is 3.26. The highest BCUT2D eigenvalue weighted by atomic mass is 16.3. The molecular formula is C17H30O2. The van der Waals surface area contributed by atoms with Crippen molar-refractivity contribution in [3.63, 3.8) is 0 Å². The van der Waals surface area contributed by atoms with Crippen LogP contribution in [-0.4, -0.2) is 21.4 Å². The highest BCUT2D eigenvalue weighted by Gasteiger charge is 2.63. The maximum absolute atomic E-state index is 11.4. The van der Waals surface area contributed by atoms with E-state index in [1.54, 1.807) is 0 Å². The van der Waals surface area contributed by atoms with Gasteiger partial charge in [-0.3, -0.25) is 0 Å². The first kappa shape index (κ1) is 13.9. The predicted molar refractivity (Wildman–Crippen MR) is 76.8 cm³/mol. The number of aliphatic hydroxyl groups is 2. The number of rotatable bonds is 1. The van der Waals surface area contributed by atoms with Gasteiger partial charge in [0.25, 0.3) is 0 Å². The third-order valence-corrected chi connectivity index (χ3v) is 6.78. The van der Waals surface area contributed by atoms with Crippen molar-refractivity contribution in [3.8, 4) is 0 Å². The molecular weight excluding hydrogens is 236 g/mol. The van der Waals surface area contributed by atoms with Crippen molar-refractivity contribution in [2.45, 2.75) is 89.3 Å². The molecule has 0 aromatic carbocycles. The summed E-state index contributed by atoms with van der Waals surface area (Å²) in [5.74, 6) is 1.46. The van der Waals surface area contributed by atoms with Gasteiger partial charge in [-0.2, -0.15) is 0 Å². The summed E-state index contributed by atoms with van der Waals surface area (Å²) < 4.78 is 0. The van der Waals surface area contributed by atoms with Gasteiger partial charge in [-0.25, -0.2) is 0 Å². The maximum Gasteiger partial charge on any atom is 0.0733 e. The second-order valence-electron chi connectivity index (χ2n) is 8.09. The van der Waals surface area contributed by atoms with Crippen molar-refractivity contribution in [2.24, 2.45) is 17.3 Å². The molecule has 2 heteroatoms. The van der Waals surface area contributed by atoms with Gasteiger partial charge >= 0.3 is 0 Å². The Morgan fingerprint density at radius 1 is 0.895 bits per heavy atom. The van der Waals surface area contributed by atoms with Gasteiger partial charge in [0, 0.05) is 5.41 Å². The lowest BCUT2D eigenvalue weighted by atomic mass is 9.45. The summed E-state index contributed by atoms with van der Waals surface area (Å²) in [4.78, 5) is 0. The summed E-state index contributed by atoms with van der Waals surface area (Å²) >= 11 is 0. The summed E-state index contributed by atoms with van der Waals surface area (Å²) in [6.07, 6.45) is 11.5. The van der Waals surface area contributed by atoms with Crippen molar-refractivity contribution >= 4 is 0 Å². The smallest absolute Gasteiger partial charge is 0.0733 e. The Morgan fingerprint density at radius 2 is 1.47 bits per heavy atom.